The summed E-state index contributed by atoms with van der Waals surface area (Å²) in [6.45, 7) is 0. The molecule has 21 heavy (non-hydrogen) atoms. The van der Waals surface area contributed by atoms with E-state index in [2.05, 4.69) is 4.74 Å². The molecule has 4 rings (SSSR count). The Bertz CT molecular complexity index is 452. The summed E-state index contributed by atoms with van der Waals surface area (Å²) in [7, 11) is 0. The number of ether oxygens (including phenoxy) is 1. The second kappa shape index (κ2) is 4.47. The zero-order chi connectivity index (χ0) is 15.6. The average molecular weight is 332 g/mol. The Morgan fingerprint density at radius 3 is 2.05 bits per heavy atom. The van der Waals surface area contributed by atoms with E-state index in [1.54, 1.807) is 0 Å². The Morgan fingerprint density at radius 1 is 1.19 bits per heavy atom. The first-order valence-corrected chi connectivity index (χ1v) is 7.35. The van der Waals surface area contributed by atoms with E-state index in [0.29, 0.717) is 24.7 Å². The van der Waals surface area contributed by atoms with Crippen LogP contribution in [0.2, 0.25) is 0 Å². The van der Waals surface area contributed by atoms with Crippen LogP contribution in [-0.2, 0) is 9.53 Å². The van der Waals surface area contributed by atoms with Gasteiger partial charge in [0.1, 0.15) is 0 Å². The fourth-order valence-corrected chi connectivity index (χ4v) is 4.72. The number of carbonyl (C=O) groups excluding carboxylic acids is 1. The third-order valence-electron chi connectivity index (χ3n) is 5.23. The van der Waals surface area contributed by atoms with Crippen molar-refractivity contribution in [1.29, 1.82) is 0 Å². The normalized spacial score (nSPS) is 39.0. The molecule has 4 aliphatic carbocycles. The van der Waals surface area contributed by atoms with Crippen molar-refractivity contribution in [3.63, 3.8) is 0 Å². The van der Waals surface area contributed by atoms with Gasteiger partial charge in [-0.2, -0.15) is 22.0 Å². The number of hydrogen-bond acceptors (Lipinski definition) is 4. The summed E-state index contributed by atoms with van der Waals surface area (Å²) in [5, 5.41) is -4.62. The number of carbonyl (C=O) groups is 1. The van der Waals surface area contributed by atoms with Crippen LogP contribution in [0.5, 0.6) is 0 Å². The Balaban J connectivity index is 1.79. The van der Waals surface area contributed by atoms with Crippen molar-refractivity contribution >= 4 is 18.0 Å². The quantitative estimate of drug-likeness (QED) is 0.484. The van der Waals surface area contributed by atoms with Crippen LogP contribution < -0.4 is 0 Å². The van der Waals surface area contributed by atoms with Gasteiger partial charge in [-0.05, 0) is 43.4 Å². The molecule has 0 spiro atoms. The highest BCUT2D eigenvalue weighted by Crippen LogP contribution is 2.70. The van der Waals surface area contributed by atoms with E-state index < -0.39 is 41.0 Å². The molecule has 3 unspecified atom stereocenters. The smallest absolute Gasteiger partial charge is 0.432 e. The van der Waals surface area contributed by atoms with E-state index in [9.17, 15) is 26.7 Å². The first kappa shape index (κ1) is 15.3. The van der Waals surface area contributed by atoms with Crippen LogP contribution in [0.15, 0.2) is 0 Å². The SMILES string of the molecule is O=C(OC(C(F)(F)F)C(F)(F)SO)C12CC3CC1CC3C2. The minimum Gasteiger partial charge on any atom is -0.445 e. The predicted molar refractivity (Wildman–Crippen MR) is 62.5 cm³/mol. The largest absolute Gasteiger partial charge is 0.445 e. The lowest BCUT2D eigenvalue weighted by Crippen LogP contribution is -2.48. The molecule has 3 nitrogen and oxygen atoms in total. The number of rotatable bonds is 4. The molecule has 0 saturated heterocycles. The molecule has 0 aromatic heterocycles. The van der Waals surface area contributed by atoms with Crippen LogP contribution in [0.3, 0.4) is 0 Å². The maximum absolute atomic E-state index is 13.2. The molecule has 4 saturated carbocycles. The van der Waals surface area contributed by atoms with Crippen LogP contribution in [0, 0.1) is 23.2 Å². The Labute approximate surface area is 121 Å². The maximum atomic E-state index is 13.2. The summed E-state index contributed by atoms with van der Waals surface area (Å²) in [4.78, 5) is 12.1. The predicted octanol–water partition coefficient (Wildman–Crippen LogP) is 3.70. The van der Waals surface area contributed by atoms with Gasteiger partial charge >= 0.3 is 17.4 Å². The van der Waals surface area contributed by atoms with Gasteiger partial charge in [0.15, 0.2) is 0 Å². The monoisotopic (exact) mass is 332 g/mol. The van der Waals surface area contributed by atoms with Crippen LogP contribution in [0.25, 0.3) is 0 Å². The molecule has 0 aromatic carbocycles. The standard InChI is InChI=1S/C12H13F5O3S/c13-11(14,15)8(12(16,17)21-19)20-9(18)10-3-5-1-7(10)2-6(5)4-10/h5-8,19H,1-4H2. The summed E-state index contributed by atoms with van der Waals surface area (Å²) in [5.74, 6) is -0.630. The average Bonchev–Trinajstić information content (AvgIpc) is 3.07. The Kier molecular flexibility index (Phi) is 3.26. The highest BCUT2D eigenvalue weighted by atomic mass is 32.2. The minimum atomic E-state index is -5.44. The third-order valence-corrected chi connectivity index (χ3v) is 5.69. The van der Waals surface area contributed by atoms with Crippen LogP contribution in [0.1, 0.15) is 25.7 Å². The summed E-state index contributed by atoms with van der Waals surface area (Å²) in [6, 6.07) is 0. The Morgan fingerprint density at radius 2 is 1.71 bits per heavy atom. The third kappa shape index (κ3) is 2.15. The lowest BCUT2D eigenvalue weighted by Gasteiger charge is -2.32. The van der Waals surface area contributed by atoms with Crippen molar-refractivity contribution in [3.8, 4) is 0 Å². The molecule has 0 heterocycles. The van der Waals surface area contributed by atoms with Crippen LogP contribution >= 0.6 is 12.0 Å². The maximum Gasteiger partial charge on any atom is 0.432 e. The molecule has 1 N–H and O–H groups in total. The molecule has 4 bridgehead atoms. The first-order chi connectivity index (χ1) is 9.60. The number of hydrogen-bond donors (Lipinski definition) is 1. The van der Waals surface area contributed by atoms with Crippen molar-refractivity contribution in [1.82, 2.24) is 0 Å². The zero-order valence-electron chi connectivity index (χ0n) is 10.7. The summed E-state index contributed by atoms with van der Waals surface area (Å²) < 4.78 is 77.1. The topological polar surface area (TPSA) is 46.5 Å². The lowest BCUT2D eigenvalue weighted by molar-refractivity contribution is -0.261. The highest BCUT2D eigenvalue weighted by Gasteiger charge is 2.69. The van der Waals surface area contributed by atoms with Crippen LogP contribution in [0.4, 0.5) is 22.0 Å². The zero-order valence-corrected chi connectivity index (χ0v) is 11.5. The van der Waals surface area contributed by atoms with E-state index in [-0.39, 0.29) is 5.92 Å². The van der Waals surface area contributed by atoms with Gasteiger partial charge in [-0.15, -0.1) is 0 Å². The van der Waals surface area contributed by atoms with Gasteiger partial charge in [0.05, 0.1) is 17.5 Å². The Hall–Kier alpha value is -0.570. The molecule has 9 heteroatoms. The molecule has 0 amide bonds. The molecule has 0 aliphatic heterocycles. The molecule has 3 atom stereocenters. The summed E-state index contributed by atoms with van der Waals surface area (Å²) in [6.07, 6.45) is -6.67. The number of esters is 1. The number of halogens is 5. The molecule has 120 valence electrons. The van der Waals surface area contributed by atoms with E-state index in [4.69, 9.17) is 4.55 Å². The van der Waals surface area contributed by atoms with Gasteiger partial charge < -0.3 is 9.29 Å². The second-order valence-corrected chi connectivity index (χ2v) is 6.96. The lowest BCUT2D eigenvalue weighted by atomic mass is 9.81. The molecule has 4 aliphatic rings. The summed E-state index contributed by atoms with van der Waals surface area (Å²) in [5.41, 5.74) is -1.02. The molecule has 0 aromatic rings. The number of alkyl halides is 5. The van der Waals surface area contributed by atoms with Crippen molar-refractivity contribution < 1.29 is 36.0 Å². The second-order valence-electron chi connectivity index (χ2n) is 6.23. The van der Waals surface area contributed by atoms with Crippen molar-refractivity contribution in [2.24, 2.45) is 23.2 Å². The van der Waals surface area contributed by atoms with Crippen molar-refractivity contribution in [2.75, 3.05) is 0 Å². The molecule has 0 radical (unpaired) electrons. The van der Waals surface area contributed by atoms with Crippen molar-refractivity contribution in [2.45, 2.75) is 43.2 Å². The van der Waals surface area contributed by atoms with Gasteiger partial charge in [-0.25, -0.2) is 0 Å². The van der Waals surface area contributed by atoms with Gasteiger partial charge in [-0.1, -0.05) is 0 Å². The summed E-state index contributed by atoms with van der Waals surface area (Å²) >= 11 is -1.26. The van der Waals surface area contributed by atoms with E-state index in [1.165, 1.54) is 0 Å². The van der Waals surface area contributed by atoms with Gasteiger partial charge in [-0.3, -0.25) is 4.79 Å². The minimum absolute atomic E-state index is 0.0516. The van der Waals surface area contributed by atoms with Gasteiger partial charge in [0.25, 0.3) is 6.10 Å². The first-order valence-electron chi connectivity index (χ1n) is 6.58. The van der Waals surface area contributed by atoms with E-state index in [1.807, 2.05) is 0 Å². The molecular weight excluding hydrogens is 319 g/mol. The fraction of sp³-hybridized carbons (Fsp3) is 0.917. The van der Waals surface area contributed by atoms with Gasteiger partial charge in [0, 0.05) is 0 Å². The van der Waals surface area contributed by atoms with E-state index >= 15 is 0 Å². The van der Waals surface area contributed by atoms with E-state index in [0.717, 1.165) is 12.8 Å². The van der Waals surface area contributed by atoms with Gasteiger partial charge in [0.2, 0.25) is 0 Å². The molecular formula is C12H13F5O3S. The molecule has 4 fully saturated rings. The van der Waals surface area contributed by atoms with Crippen molar-refractivity contribution in [3.05, 3.63) is 0 Å². The highest BCUT2D eigenvalue weighted by molar-refractivity contribution is 7.94. The van der Waals surface area contributed by atoms with Crippen LogP contribution in [-0.4, -0.2) is 28.1 Å². The fourth-order valence-electron chi connectivity index (χ4n) is 4.45.